The molecule has 0 atom stereocenters. The first-order valence-electron chi connectivity index (χ1n) is 5.30. The molecule has 0 fully saturated rings. The van der Waals surface area contributed by atoms with Crippen molar-refractivity contribution in [3.8, 4) is 0 Å². The Hall–Kier alpha value is -1.64. The molecule has 15 heavy (non-hydrogen) atoms. The van der Waals surface area contributed by atoms with E-state index in [0.29, 0.717) is 12.1 Å². The Balaban J connectivity index is 0. The summed E-state index contributed by atoms with van der Waals surface area (Å²) in [5, 5.41) is 0. The third-order valence-corrected chi connectivity index (χ3v) is 1.52. The highest BCUT2D eigenvalue weighted by Crippen LogP contribution is 2.08. The number of para-hydroxylation sites is 2. The van der Waals surface area contributed by atoms with Gasteiger partial charge in [-0.25, -0.2) is 4.98 Å². The van der Waals surface area contributed by atoms with Crippen LogP contribution in [0.15, 0.2) is 24.3 Å². The van der Waals surface area contributed by atoms with Crippen molar-refractivity contribution >= 4 is 17.3 Å². The number of carbonyl (C=O) groups is 1. The van der Waals surface area contributed by atoms with E-state index < -0.39 is 0 Å². The lowest BCUT2D eigenvalue weighted by Crippen LogP contribution is -1.78. The highest BCUT2D eigenvalue weighted by molar-refractivity contribution is 5.81. The summed E-state index contributed by atoms with van der Waals surface area (Å²) in [6, 6.07) is 7.53. The number of nitrogens with one attached hydrogen (secondary N) is 1. The molecule has 2 rings (SSSR count). The second-order valence-corrected chi connectivity index (χ2v) is 2.26. The number of benzene rings is 1. The molecule has 2 aromatic rings. The topological polar surface area (TPSA) is 45.8 Å². The van der Waals surface area contributed by atoms with E-state index in [4.69, 9.17) is 0 Å². The third kappa shape index (κ3) is 3.54. The van der Waals surface area contributed by atoms with Gasteiger partial charge in [0.1, 0.15) is 0 Å². The molecule has 1 heterocycles. The number of fused-ring (bicyclic) bond motifs is 1. The number of imidazole rings is 1. The van der Waals surface area contributed by atoms with Crippen LogP contribution in [-0.4, -0.2) is 16.3 Å². The van der Waals surface area contributed by atoms with Crippen LogP contribution >= 0.6 is 0 Å². The predicted molar refractivity (Wildman–Crippen MR) is 66.3 cm³/mol. The smallest absolute Gasteiger partial charge is 0.185 e. The van der Waals surface area contributed by atoms with Gasteiger partial charge in [-0.15, -0.1) is 0 Å². The summed E-state index contributed by atoms with van der Waals surface area (Å²) in [6.45, 7) is 8.00. The van der Waals surface area contributed by atoms with Crippen molar-refractivity contribution in [1.29, 1.82) is 0 Å². The van der Waals surface area contributed by atoms with E-state index in [1.54, 1.807) is 0 Å². The molecule has 0 bridgehead atoms. The molecule has 0 aliphatic heterocycles. The Morgan fingerprint density at radius 2 is 1.80 bits per heavy atom. The molecule has 1 aromatic heterocycles. The minimum Gasteiger partial charge on any atom is -0.336 e. The van der Waals surface area contributed by atoms with Crippen LogP contribution in [0.2, 0.25) is 0 Å². The first-order chi connectivity index (χ1) is 7.40. The zero-order valence-corrected chi connectivity index (χ0v) is 9.74. The molecule has 0 radical (unpaired) electrons. The van der Waals surface area contributed by atoms with Gasteiger partial charge in [-0.3, -0.25) is 4.79 Å². The molecule has 1 aromatic carbocycles. The largest absolute Gasteiger partial charge is 0.336 e. The van der Waals surface area contributed by atoms with E-state index in [1.165, 1.54) is 0 Å². The lowest BCUT2D eigenvalue weighted by molar-refractivity contribution is 0.111. The van der Waals surface area contributed by atoms with Gasteiger partial charge in [0.05, 0.1) is 11.0 Å². The van der Waals surface area contributed by atoms with Gasteiger partial charge in [0.15, 0.2) is 12.1 Å². The first kappa shape index (κ1) is 13.4. The highest BCUT2D eigenvalue weighted by atomic mass is 16.1. The highest BCUT2D eigenvalue weighted by Gasteiger charge is 1.97. The average Bonchev–Trinajstić information content (AvgIpc) is 2.77. The first-order valence-corrected chi connectivity index (χ1v) is 5.30. The van der Waals surface area contributed by atoms with Crippen molar-refractivity contribution in [1.82, 2.24) is 9.97 Å². The average molecular weight is 208 g/mol. The number of rotatable bonds is 1. The van der Waals surface area contributed by atoms with E-state index in [1.807, 2.05) is 52.0 Å². The SMILES string of the molecule is CC.CC.O=Cc1nc2ccccc2[nH]1.[HH]. The molecule has 0 aliphatic carbocycles. The fourth-order valence-corrected chi connectivity index (χ4v) is 1.03. The van der Waals surface area contributed by atoms with Crippen molar-refractivity contribution in [2.45, 2.75) is 27.7 Å². The molecular weight excluding hydrogens is 188 g/mol. The van der Waals surface area contributed by atoms with Crippen LogP contribution in [-0.2, 0) is 0 Å². The molecule has 0 unspecified atom stereocenters. The van der Waals surface area contributed by atoms with Gasteiger partial charge in [0.25, 0.3) is 0 Å². The summed E-state index contributed by atoms with van der Waals surface area (Å²) in [6.07, 6.45) is 0.708. The fraction of sp³-hybridized carbons (Fsp3) is 0.333. The Morgan fingerprint density at radius 3 is 2.33 bits per heavy atom. The number of aromatic amines is 1. The maximum atomic E-state index is 10.3. The summed E-state index contributed by atoms with van der Waals surface area (Å²) < 4.78 is 0. The molecular formula is C12H20N2O. The van der Waals surface area contributed by atoms with Gasteiger partial charge in [-0.2, -0.15) is 0 Å². The second kappa shape index (κ2) is 7.74. The minimum atomic E-state index is 0. The number of nitrogens with zero attached hydrogens (tertiary/aromatic N) is 1. The van der Waals surface area contributed by atoms with E-state index in [2.05, 4.69) is 9.97 Å². The van der Waals surface area contributed by atoms with Crippen LogP contribution in [0.4, 0.5) is 0 Å². The zero-order chi connectivity index (χ0) is 11.7. The maximum absolute atomic E-state index is 10.3. The summed E-state index contributed by atoms with van der Waals surface area (Å²) >= 11 is 0. The van der Waals surface area contributed by atoms with Crippen LogP contribution < -0.4 is 0 Å². The van der Waals surface area contributed by atoms with Crippen LogP contribution in [0.5, 0.6) is 0 Å². The summed E-state index contributed by atoms with van der Waals surface area (Å²) in [5.41, 5.74) is 1.73. The van der Waals surface area contributed by atoms with Crippen molar-refractivity contribution in [3.63, 3.8) is 0 Å². The van der Waals surface area contributed by atoms with Gasteiger partial charge in [0, 0.05) is 1.43 Å². The van der Waals surface area contributed by atoms with E-state index >= 15 is 0 Å². The Kier molecular flexibility index (Phi) is 6.89. The summed E-state index contributed by atoms with van der Waals surface area (Å²) in [7, 11) is 0. The second-order valence-electron chi connectivity index (χ2n) is 2.26. The van der Waals surface area contributed by atoms with Crippen LogP contribution in [0, 0.1) is 0 Å². The van der Waals surface area contributed by atoms with Crippen molar-refractivity contribution in [2.24, 2.45) is 0 Å². The van der Waals surface area contributed by atoms with Gasteiger partial charge in [-0.1, -0.05) is 39.8 Å². The van der Waals surface area contributed by atoms with Crippen LogP contribution in [0.25, 0.3) is 11.0 Å². The van der Waals surface area contributed by atoms with Crippen molar-refractivity contribution in [3.05, 3.63) is 30.1 Å². The lowest BCUT2D eigenvalue weighted by atomic mass is 10.3. The van der Waals surface area contributed by atoms with Crippen LogP contribution in [0.1, 0.15) is 39.7 Å². The predicted octanol–water partition coefficient (Wildman–Crippen LogP) is 3.67. The van der Waals surface area contributed by atoms with E-state index in [0.717, 1.165) is 11.0 Å². The third-order valence-electron chi connectivity index (χ3n) is 1.52. The van der Waals surface area contributed by atoms with Gasteiger partial charge < -0.3 is 4.98 Å². The molecule has 3 nitrogen and oxygen atoms in total. The number of aromatic nitrogens is 2. The van der Waals surface area contributed by atoms with Gasteiger partial charge >= 0.3 is 0 Å². The van der Waals surface area contributed by atoms with Crippen molar-refractivity contribution < 1.29 is 6.22 Å². The molecule has 3 heteroatoms. The van der Waals surface area contributed by atoms with Gasteiger partial charge in [0.2, 0.25) is 0 Å². The maximum Gasteiger partial charge on any atom is 0.185 e. The molecule has 84 valence electrons. The fourth-order valence-electron chi connectivity index (χ4n) is 1.03. The zero-order valence-electron chi connectivity index (χ0n) is 9.74. The molecule has 0 saturated heterocycles. The minimum absolute atomic E-state index is 0. The van der Waals surface area contributed by atoms with Gasteiger partial charge in [-0.05, 0) is 12.1 Å². The normalized spacial score (nSPS) is 8.27. The number of hydrogen-bond donors (Lipinski definition) is 1. The number of aldehydes is 1. The number of carbonyl (C=O) groups excluding carboxylic acids is 1. The standard InChI is InChI=1S/C8H6N2O.2C2H6.H2/c11-5-8-9-6-3-1-2-4-7(6)10-8;2*1-2;/h1-5H,(H,9,10);2*1-2H3;1H. The number of H-pyrrole nitrogens is 1. The molecule has 0 aliphatic rings. The molecule has 0 saturated carbocycles. The van der Waals surface area contributed by atoms with Crippen molar-refractivity contribution in [2.75, 3.05) is 0 Å². The molecule has 1 N–H and O–H groups in total. The van der Waals surface area contributed by atoms with E-state index in [-0.39, 0.29) is 1.43 Å². The Bertz CT molecular complexity index is 366. The lowest BCUT2D eigenvalue weighted by Gasteiger charge is -1.81. The summed E-state index contributed by atoms with van der Waals surface area (Å²) in [5.74, 6) is 0.381. The quantitative estimate of drug-likeness (QED) is 0.727. The molecule has 0 amide bonds. The molecule has 0 spiro atoms. The number of hydrogen-bond acceptors (Lipinski definition) is 2. The van der Waals surface area contributed by atoms with Crippen LogP contribution in [0.3, 0.4) is 0 Å². The summed E-state index contributed by atoms with van der Waals surface area (Å²) in [4.78, 5) is 17.2. The Morgan fingerprint density at radius 1 is 1.20 bits per heavy atom. The Labute approximate surface area is 92.0 Å². The van der Waals surface area contributed by atoms with E-state index in [9.17, 15) is 4.79 Å². The monoisotopic (exact) mass is 208 g/mol.